The molecule has 0 aliphatic heterocycles. The minimum absolute atomic E-state index is 0.196. The highest BCUT2D eigenvalue weighted by molar-refractivity contribution is 4.83. The molecule has 0 saturated heterocycles. The summed E-state index contributed by atoms with van der Waals surface area (Å²) in [5.41, 5.74) is 5.49. The lowest BCUT2D eigenvalue weighted by molar-refractivity contribution is 0.115. The van der Waals surface area contributed by atoms with Crippen LogP contribution in [0.3, 0.4) is 0 Å². The minimum Gasteiger partial charge on any atom is -0.328 e. The summed E-state index contributed by atoms with van der Waals surface area (Å²) in [5, 5.41) is 0. The van der Waals surface area contributed by atoms with Gasteiger partial charge >= 0.3 is 0 Å². The average molecular weight is 117 g/mol. The molecule has 1 saturated carbocycles. The van der Waals surface area contributed by atoms with Gasteiger partial charge in [0.15, 0.2) is 0 Å². The average Bonchev–Trinajstić information content (AvgIpc) is 1.57. The van der Waals surface area contributed by atoms with Crippen molar-refractivity contribution >= 4 is 0 Å². The predicted molar refractivity (Wildman–Crippen MR) is 31.3 cm³/mol. The summed E-state index contributed by atoms with van der Waals surface area (Å²) < 4.78 is 12.1. The molecule has 0 aromatic heterocycles. The van der Waals surface area contributed by atoms with E-state index < -0.39 is 6.17 Å². The van der Waals surface area contributed by atoms with Gasteiger partial charge < -0.3 is 5.73 Å². The van der Waals surface area contributed by atoms with Crippen LogP contribution in [0.4, 0.5) is 4.39 Å². The Morgan fingerprint density at radius 3 is 2.25 bits per heavy atom. The molecule has 0 unspecified atom stereocenters. The maximum absolute atomic E-state index is 12.1. The minimum atomic E-state index is -0.550. The maximum atomic E-state index is 12.1. The molecule has 1 aliphatic rings. The van der Waals surface area contributed by atoms with Crippen LogP contribution in [0.15, 0.2) is 0 Å². The van der Waals surface area contributed by atoms with E-state index in [1.54, 1.807) is 0 Å². The fraction of sp³-hybridized carbons (Fsp3) is 1.00. The molecular weight excluding hydrogens is 105 g/mol. The highest BCUT2D eigenvalue weighted by atomic mass is 19.1. The molecule has 0 radical (unpaired) electrons. The van der Waals surface area contributed by atoms with Crippen LogP contribution in [0.2, 0.25) is 0 Å². The van der Waals surface area contributed by atoms with E-state index >= 15 is 0 Å². The lowest BCUT2D eigenvalue weighted by atomic mass is 9.79. The Hall–Kier alpha value is -0.110. The van der Waals surface area contributed by atoms with E-state index in [2.05, 4.69) is 0 Å². The van der Waals surface area contributed by atoms with Crippen LogP contribution in [0, 0.1) is 5.92 Å². The van der Waals surface area contributed by atoms with Gasteiger partial charge in [-0.15, -0.1) is 0 Å². The maximum Gasteiger partial charge on any atom is 0.101 e. The third-order valence-electron chi connectivity index (χ3n) is 1.86. The third kappa shape index (κ3) is 0.996. The Kier molecular flexibility index (Phi) is 1.52. The van der Waals surface area contributed by atoms with Gasteiger partial charge in [-0.05, 0) is 25.7 Å². The van der Waals surface area contributed by atoms with Crippen LogP contribution in [-0.4, -0.2) is 12.2 Å². The first-order valence-electron chi connectivity index (χ1n) is 3.10. The van der Waals surface area contributed by atoms with Crippen molar-refractivity contribution in [1.82, 2.24) is 0 Å². The van der Waals surface area contributed by atoms with E-state index in [0.29, 0.717) is 18.8 Å². The second-order valence-corrected chi connectivity index (χ2v) is 2.69. The highest BCUT2D eigenvalue weighted by Crippen LogP contribution is 2.31. The Morgan fingerprint density at radius 2 is 2.12 bits per heavy atom. The lowest BCUT2D eigenvalue weighted by Gasteiger charge is -2.32. The van der Waals surface area contributed by atoms with Crippen molar-refractivity contribution in [2.24, 2.45) is 11.7 Å². The number of rotatable bonds is 1. The predicted octanol–water partition coefficient (Wildman–Crippen LogP) is 1.08. The molecule has 1 atom stereocenters. The smallest absolute Gasteiger partial charge is 0.101 e. The van der Waals surface area contributed by atoms with Crippen molar-refractivity contribution in [3.8, 4) is 0 Å². The Bertz CT molecular complexity index is 76.6. The second kappa shape index (κ2) is 2.02. The Labute approximate surface area is 49.1 Å². The zero-order valence-corrected chi connectivity index (χ0v) is 5.10. The first kappa shape index (κ1) is 6.02. The van der Waals surface area contributed by atoms with Crippen molar-refractivity contribution in [1.29, 1.82) is 0 Å². The Morgan fingerprint density at radius 1 is 1.62 bits per heavy atom. The Balaban J connectivity index is 2.15. The van der Waals surface area contributed by atoms with Crippen LogP contribution >= 0.6 is 0 Å². The fourth-order valence-electron chi connectivity index (χ4n) is 1.02. The van der Waals surface area contributed by atoms with Gasteiger partial charge in [0.25, 0.3) is 0 Å². The molecule has 48 valence electrons. The van der Waals surface area contributed by atoms with Crippen molar-refractivity contribution in [2.75, 3.05) is 0 Å². The van der Waals surface area contributed by atoms with Gasteiger partial charge in [0, 0.05) is 6.04 Å². The SMILES string of the molecule is C[C@H](N)C1CC(F)C1. The normalized spacial score (nSPS) is 40.9. The summed E-state index contributed by atoms with van der Waals surface area (Å²) >= 11 is 0. The van der Waals surface area contributed by atoms with E-state index in [1.807, 2.05) is 6.92 Å². The van der Waals surface area contributed by atoms with Gasteiger partial charge in [-0.2, -0.15) is 0 Å². The summed E-state index contributed by atoms with van der Waals surface area (Å²) in [4.78, 5) is 0. The summed E-state index contributed by atoms with van der Waals surface area (Å²) in [5.74, 6) is 0.463. The third-order valence-corrected chi connectivity index (χ3v) is 1.86. The van der Waals surface area contributed by atoms with Crippen LogP contribution in [0.5, 0.6) is 0 Å². The van der Waals surface area contributed by atoms with Gasteiger partial charge in [-0.3, -0.25) is 0 Å². The summed E-state index contributed by atoms with van der Waals surface area (Å²) in [6.45, 7) is 1.94. The zero-order chi connectivity index (χ0) is 6.15. The molecular formula is C6H12FN. The number of alkyl halides is 1. The molecule has 0 spiro atoms. The molecule has 0 amide bonds. The highest BCUT2D eigenvalue weighted by Gasteiger charge is 2.30. The monoisotopic (exact) mass is 117 g/mol. The fourth-order valence-corrected chi connectivity index (χ4v) is 1.02. The first-order valence-corrected chi connectivity index (χ1v) is 3.10. The number of halogens is 1. The lowest BCUT2D eigenvalue weighted by Crippen LogP contribution is -2.37. The molecule has 0 aromatic carbocycles. The van der Waals surface area contributed by atoms with Crippen LogP contribution < -0.4 is 5.73 Å². The van der Waals surface area contributed by atoms with Gasteiger partial charge in [0.05, 0.1) is 0 Å². The first-order chi connectivity index (χ1) is 3.70. The van der Waals surface area contributed by atoms with Crippen molar-refractivity contribution in [2.45, 2.75) is 32.0 Å². The van der Waals surface area contributed by atoms with Gasteiger partial charge in [-0.25, -0.2) is 4.39 Å². The molecule has 1 fully saturated rings. The second-order valence-electron chi connectivity index (χ2n) is 2.69. The van der Waals surface area contributed by atoms with E-state index in [0.717, 1.165) is 0 Å². The molecule has 2 heteroatoms. The zero-order valence-electron chi connectivity index (χ0n) is 5.10. The van der Waals surface area contributed by atoms with Gasteiger partial charge in [0.2, 0.25) is 0 Å². The molecule has 0 bridgehead atoms. The summed E-state index contributed by atoms with van der Waals surface area (Å²) in [6, 6.07) is 0.196. The quantitative estimate of drug-likeness (QED) is 0.546. The molecule has 2 N–H and O–H groups in total. The number of nitrogens with two attached hydrogens (primary N) is 1. The van der Waals surface area contributed by atoms with E-state index in [-0.39, 0.29) is 6.04 Å². The molecule has 0 heterocycles. The molecule has 1 rings (SSSR count). The topological polar surface area (TPSA) is 26.0 Å². The van der Waals surface area contributed by atoms with E-state index in [9.17, 15) is 4.39 Å². The largest absolute Gasteiger partial charge is 0.328 e. The van der Waals surface area contributed by atoms with E-state index in [1.165, 1.54) is 0 Å². The van der Waals surface area contributed by atoms with Crippen molar-refractivity contribution < 1.29 is 4.39 Å². The van der Waals surface area contributed by atoms with Crippen LogP contribution in [0.25, 0.3) is 0 Å². The van der Waals surface area contributed by atoms with Crippen molar-refractivity contribution in [3.05, 3.63) is 0 Å². The van der Waals surface area contributed by atoms with Gasteiger partial charge in [0.1, 0.15) is 6.17 Å². The van der Waals surface area contributed by atoms with E-state index in [4.69, 9.17) is 5.73 Å². The standard InChI is InChI=1S/C6H12FN/c1-4(8)5-2-6(7)3-5/h4-6H,2-3,8H2,1H3/t4-,5?,6?/m0/s1. The summed E-state index contributed by atoms with van der Waals surface area (Å²) in [6.07, 6.45) is 0.834. The van der Waals surface area contributed by atoms with Crippen LogP contribution in [-0.2, 0) is 0 Å². The molecule has 8 heavy (non-hydrogen) atoms. The number of hydrogen-bond donors (Lipinski definition) is 1. The molecule has 1 aliphatic carbocycles. The summed E-state index contributed by atoms with van der Waals surface area (Å²) in [7, 11) is 0. The van der Waals surface area contributed by atoms with Crippen molar-refractivity contribution in [3.63, 3.8) is 0 Å². The molecule has 1 nitrogen and oxygen atoms in total. The number of hydrogen-bond acceptors (Lipinski definition) is 1. The molecule has 0 aromatic rings. The van der Waals surface area contributed by atoms with Gasteiger partial charge in [-0.1, -0.05) is 0 Å². The van der Waals surface area contributed by atoms with Crippen LogP contribution in [0.1, 0.15) is 19.8 Å².